The number of aryl methyl sites for hydroxylation is 1. The van der Waals surface area contributed by atoms with Crippen molar-refractivity contribution in [1.82, 2.24) is 19.6 Å². The van der Waals surface area contributed by atoms with Crippen molar-refractivity contribution in [3.63, 3.8) is 0 Å². The standard InChI is InChI=1S/C18H22F3N5O/c1-14-16(12-26(23-14)15-6-3-2-4-7-15)22-17(27)25-9-5-8-24(10-11-25)13-18(19,20)21/h2-4,6-7,12H,5,8-11,13H2,1H3,(H,22,27). The maximum absolute atomic E-state index is 12.6. The Kier molecular flexibility index (Phi) is 5.69. The quantitative estimate of drug-likeness (QED) is 0.888. The molecule has 0 radical (unpaired) electrons. The summed E-state index contributed by atoms with van der Waals surface area (Å²) in [6.07, 6.45) is -1.98. The summed E-state index contributed by atoms with van der Waals surface area (Å²) in [6, 6.07) is 9.19. The molecule has 3 rings (SSSR count). The number of carbonyl (C=O) groups is 1. The van der Waals surface area contributed by atoms with Crippen LogP contribution >= 0.6 is 0 Å². The molecule has 1 aliphatic heterocycles. The number of nitrogens with one attached hydrogen (secondary N) is 1. The van der Waals surface area contributed by atoms with Crippen LogP contribution in [0.1, 0.15) is 12.1 Å². The molecule has 1 N–H and O–H groups in total. The number of rotatable bonds is 3. The lowest BCUT2D eigenvalue weighted by Crippen LogP contribution is -2.40. The van der Waals surface area contributed by atoms with Gasteiger partial charge in [0.2, 0.25) is 0 Å². The van der Waals surface area contributed by atoms with Crippen LogP contribution in [0.4, 0.5) is 23.7 Å². The summed E-state index contributed by atoms with van der Waals surface area (Å²) in [6.45, 7) is 2.07. The second kappa shape index (κ2) is 7.99. The zero-order valence-corrected chi connectivity index (χ0v) is 15.0. The van der Waals surface area contributed by atoms with E-state index in [2.05, 4.69) is 10.4 Å². The average Bonchev–Trinajstić information content (AvgIpc) is 2.82. The number of alkyl halides is 3. The van der Waals surface area contributed by atoms with Gasteiger partial charge in [0.05, 0.1) is 29.8 Å². The minimum absolute atomic E-state index is 0.204. The highest BCUT2D eigenvalue weighted by Gasteiger charge is 2.32. The Morgan fingerprint density at radius 1 is 1.15 bits per heavy atom. The first kappa shape index (κ1) is 19.2. The summed E-state index contributed by atoms with van der Waals surface area (Å²) in [7, 11) is 0. The Hall–Kier alpha value is -2.55. The summed E-state index contributed by atoms with van der Waals surface area (Å²) in [5.41, 5.74) is 2.12. The number of hydrogen-bond donors (Lipinski definition) is 1. The zero-order chi connectivity index (χ0) is 19.4. The van der Waals surface area contributed by atoms with Gasteiger partial charge in [0.1, 0.15) is 0 Å². The third kappa shape index (κ3) is 5.22. The van der Waals surface area contributed by atoms with Gasteiger partial charge in [-0.2, -0.15) is 18.3 Å². The molecular formula is C18H22F3N5O. The Morgan fingerprint density at radius 2 is 1.89 bits per heavy atom. The van der Waals surface area contributed by atoms with Gasteiger partial charge >= 0.3 is 12.2 Å². The van der Waals surface area contributed by atoms with Crippen molar-refractivity contribution in [2.24, 2.45) is 0 Å². The van der Waals surface area contributed by atoms with Crippen LogP contribution in [0.25, 0.3) is 5.69 Å². The molecule has 1 aliphatic rings. The molecule has 1 fully saturated rings. The molecule has 2 heterocycles. The van der Waals surface area contributed by atoms with Crippen molar-refractivity contribution in [1.29, 1.82) is 0 Å². The van der Waals surface area contributed by atoms with E-state index in [4.69, 9.17) is 0 Å². The van der Waals surface area contributed by atoms with Crippen molar-refractivity contribution in [3.05, 3.63) is 42.2 Å². The smallest absolute Gasteiger partial charge is 0.323 e. The molecule has 0 unspecified atom stereocenters. The number of amides is 2. The molecule has 2 aromatic rings. The fourth-order valence-corrected chi connectivity index (χ4v) is 3.08. The SMILES string of the molecule is Cc1nn(-c2ccccc2)cc1NC(=O)N1CCCN(CC(F)(F)F)CC1. The molecular weight excluding hydrogens is 359 g/mol. The van der Waals surface area contributed by atoms with Crippen molar-refractivity contribution < 1.29 is 18.0 Å². The number of halogens is 3. The third-order valence-corrected chi connectivity index (χ3v) is 4.44. The van der Waals surface area contributed by atoms with Gasteiger partial charge in [-0.25, -0.2) is 9.48 Å². The Bertz CT molecular complexity index is 775. The molecule has 0 aliphatic carbocycles. The molecule has 0 atom stereocenters. The van der Waals surface area contributed by atoms with Gasteiger partial charge in [-0.05, 0) is 25.5 Å². The highest BCUT2D eigenvalue weighted by atomic mass is 19.4. The highest BCUT2D eigenvalue weighted by molar-refractivity contribution is 5.89. The van der Waals surface area contributed by atoms with Crippen LogP contribution in [0.5, 0.6) is 0 Å². The molecule has 1 aromatic heterocycles. The number of para-hydroxylation sites is 1. The molecule has 1 saturated heterocycles. The third-order valence-electron chi connectivity index (χ3n) is 4.44. The molecule has 1 aromatic carbocycles. The molecule has 2 amide bonds. The first-order valence-corrected chi connectivity index (χ1v) is 8.78. The van der Waals surface area contributed by atoms with E-state index in [1.165, 1.54) is 4.90 Å². The fraction of sp³-hybridized carbons (Fsp3) is 0.444. The average molecular weight is 381 g/mol. The number of anilines is 1. The van der Waals surface area contributed by atoms with E-state index in [1.54, 1.807) is 22.7 Å². The molecule has 6 nitrogen and oxygen atoms in total. The van der Waals surface area contributed by atoms with Gasteiger partial charge in [0.15, 0.2) is 0 Å². The summed E-state index contributed by atoms with van der Waals surface area (Å²) >= 11 is 0. The van der Waals surface area contributed by atoms with E-state index < -0.39 is 12.7 Å². The predicted octanol–water partition coefficient (Wildman–Crippen LogP) is 3.28. The van der Waals surface area contributed by atoms with Gasteiger partial charge in [-0.1, -0.05) is 18.2 Å². The maximum atomic E-state index is 12.6. The number of carbonyl (C=O) groups excluding carboxylic acids is 1. The Balaban J connectivity index is 1.61. The number of nitrogens with zero attached hydrogens (tertiary/aromatic N) is 4. The van der Waals surface area contributed by atoms with E-state index >= 15 is 0 Å². The van der Waals surface area contributed by atoms with E-state index in [0.29, 0.717) is 30.9 Å². The van der Waals surface area contributed by atoms with Crippen LogP contribution in [0.3, 0.4) is 0 Å². The minimum atomic E-state index is -4.22. The van der Waals surface area contributed by atoms with Crippen molar-refractivity contribution in [2.45, 2.75) is 19.5 Å². The van der Waals surface area contributed by atoms with Crippen molar-refractivity contribution >= 4 is 11.7 Å². The van der Waals surface area contributed by atoms with Gasteiger partial charge in [-0.3, -0.25) is 4.90 Å². The Labute approximate surface area is 155 Å². The molecule has 0 spiro atoms. The lowest BCUT2D eigenvalue weighted by atomic mass is 10.3. The van der Waals surface area contributed by atoms with Crippen LogP contribution < -0.4 is 5.32 Å². The molecule has 27 heavy (non-hydrogen) atoms. The molecule has 0 saturated carbocycles. The number of hydrogen-bond acceptors (Lipinski definition) is 3. The number of urea groups is 1. The minimum Gasteiger partial charge on any atom is -0.323 e. The van der Waals surface area contributed by atoms with Gasteiger partial charge < -0.3 is 10.2 Å². The van der Waals surface area contributed by atoms with Crippen LogP contribution in [0.15, 0.2) is 36.5 Å². The Morgan fingerprint density at radius 3 is 2.59 bits per heavy atom. The largest absolute Gasteiger partial charge is 0.401 e. The van der Waals surface area contributed by atoms with E-state index in [1.807, 2.05) is 30.3 Å². The summed E-state index contributed by atoms with van der Waals surface area (Å²) in [5.74, 6) is 0. The van der Waals surface area contributed by atoms with Crippen LogP contribution in [0.2, 0.25) is 0 Å². The topological polar surface area (TPSA) is 53.4 Å². The van der Waals surface area contributed by atoms with Gasteiger partial charge in [-0.15, -0.1) is 0 Å². The van der Waals surface area contributed by atoms with Crippen LogP contribution in [-0.4, -0.2) is 64.5 Å². The molecule has 9 heteroatoms. The summed E-state index contributed by atoms with van der Waals surface area (Å²) < 4.78 is 39.4. The maximum Gasteiger partial charge on any atom is 0.401 e. The normalized spacial score (nSPS) is 16.2. The monoisotopic (exact) mass is 381 g/mol. The summed E-state index contributed by atoms with van der Waals surface area (Å²) in [5, 5.41) is 7.22. The number of benzene rings is 1. The van der Waals surface area contributed by atoms with E-state index in [0.717, 1.165) is 5.69 Å². The van der Waals surface area contributed by atoms with Gasteiger partial charge in [0.25, 0.3) is 0 Å². The lowest BCUT2D eigenvalue weighted by molar-refractivity contribution is -0.145. The summed E-state index contributed by atoms with van der Waals surface area (Å²) in [4.78, 5) is 15.4. The fourth-order valence-electron chi connectivity index (χ4n) is 3.08. The molecule has 0 bridgehead atoms. The van der Waals surface area contributed by atoms with Crippen molar-refractivity contribution in [3.8, 4) is 5.69 Å². The van der Waals surface area contributed by atoms with Gasteiger partial charge in [0, 0.05) is 26.2 Å². The predicted molar refractivity (Wildman–Crippen MR) is 96.0 cm³/mol. The molecule has 146 valence electrons. The first-order valence-electron chi connectivity index (χ1n) is 8.78. The second-order valence-electron chi connectivity index (χ2n) is 6.57. The van der Waals surface area contributed by atoms with Crippen LogP contribution in [0, 0.1) is 6.92 Å². The van der Waals surface area contributed by atoms with E-state index in [9.17, 15) is 18.0 Å². The highest BCUT2D eigenvalue weighted by Crippen LogP contribution is 2.19. The number of aromatic nitrogens is 2. The van der Waals surface area contributed by atoms with Crippen LogP contribution in [-0.2, 0) is 0 Å². The second-order valence-corrected chi connectivity index (χ2v) is 6.57. The zero-order valence-electron chi connectivity index (χ0n) is 15.0. The lowest BCUT2D eigenvalue weighted by Gasteiger charge is -2.22. The van der Waals surface area contributed by atoms with E-state index in [-0.39, 0.29) is 19.1 Å². The van der Waals surface area contributed by atoms with Crippen molar-refractivity contribution in [2.75, 3.05) is 38.0 Å². The first-order chi connectivity index (χ1) is 12.8.